The average molecular weight is 483 g/mol. The molecule has 3 rings (SSSR count). The number of amides is 2. The SMILES string of the molecule is CC(=O)Nc1cccc(C(=O)OCC(=O)N(/N=C/c2ccccc2)c2cccc(C(F)(F)F)c2)c1. The Morgan fingerprint density at radius 3 is 2.37 bits per heavy atom. The van der Waals surface area contributed by atoms with Crippen LogP contribution in [0.5, 0.6) is 0 Å². The third kappa shape index (κ3) is 7.26. The summed E-state index contributed by atoms with van der Waals surface area (Å²) in [6.45, 7) is 0.521. The van der Waals surface area contributed by atoms with E-state index in [2.05, 4.69) is 10.4 Å². The van der Waals surface area contributed by atoms with Crippen LogP contribution >= 0.6 is 0 Å². The lowest BCUT2D eigenvalue weighted by molar-refractivity contribution is -0.137. The molecule has 0 aliphatic heterocycles. The molecule has 3 aromatic rings. The number of alkyl halides is 3. The number of ether oxygens (including phenoxy) is 1. The van der Waals surface area contributed by atoms with Crippen molar-refractivity contribution < 1.29 is 32.3 Å². The van der Waals surface area contributed by atoms with Crippen LogP contribution in [-0.4, -0.2) is 30.6 Å². The number of halogens is 3. The molecular weight excluding hydrogens is 463 g/mol. The monoisotopic (exact) mass is 483 g/mol. The first-order chi connectivity index (χ1) is 16.6. The molecule has 7 nitrogen and oxygen atoms in total. The number of rotatable bonds is 7. The summed E-state index contributed by atoms with van der Waals surface area (Å²) in [7, 11) is 0. The third-order valence-electron chi connectivity index (χ3n) is 4.52. The molecule has 35 heavy (non-hydrogen) atoms. The van der Waals surface area contributed by atoms with Gasteiger partial charge in [0.1, 0.15) is 0 Å². The summed E-state index contributed by atoms with van der Waals surface area (Å²) in [5.41, 5.74) is -0.0851. The molecule has 0 bridgehead atoms. The molecule has 0 saturated carbocycles. The number of nitrogens with one attached hydrogen (secondary N) is 1. The summed E-state index contributed by atoms with van der Waals surface area (Å²) < 4.78 is 44.7. The van der Waals surface area contributed by atoms with Crippen LogP contribution in [-0.2, 0) is 20.5 Å². The van der Waals surface area contributed by atoms with Gasteiger partial charge in [-0.1, -0.05) is 42.5 Å². The van der Waals surface area contributed by atoms with Crippen molar-refractivity contribution in [3.63, 3.8) is 0 Å². The Labute approximate surface area is 198 Å². The summed E-state index contributed by atoms with van der Waals surface area (Å²) in [6.07, 6.45) is -3.32. The maximum Gasteiger partial charge on any atom is 0.416 e. The van der Waals surface area contributed by atoms with Gasteiger partial charge in [-0.15, -0.1) is 0 Å². The maximum absolute atomic E-state index is 13.2. The zero-order valence-electron chi connectivity index (χ0n) is 18.5. The Bertz CT molecular complexity index is 1240. The van der Waals surface area contributed by atoms with Crippen LogP contribution in [0.15, 0.2) is 84.0 Å². The van der Waals surface area contributed by atoms with Crippen molar-refractivity contribution in [1.29, 1.82) is 0 Å². The number of carbonyl (C=O) groups is 3. The van der Waals surface area contributed by atoms with Crippen molar-refractivity contribution in [2.45, 2.75) is 13.1 Å². The van der Waals surface area contributed by atoms with Crippen LogP contribution in [0.3, 0.4) is 0 Å². The summed E-state index contributed by atoms with van der Waals surface area (Å²) in [6, 6.07) is 18.6. The summed E-state index contributed by atoms with van der Waals surface area (Å²) >= 11 is 0. The zero-order chi connectivity index (χ0) is 25.4. The Kier molecular flexibility index (Phi) is 7.98. The minimum absolute atomic E-state index is 0.0717. The number of nitrogens with zero attached hydrogens (tertiary/aromatic N) is 2. The second-order valence-electron chi connectivity index (χ2n) is 7.25. The number of anilines is 2. The molecule has 0 atom stereocenters. The van der Waals surface area contributed by atoms with Crippen LogP contribution in [0.2, 0.25) is 0 Å². The first-order valence-corrected chi connectivity index (χ1v) is 10.3. The lowest BCUT2D eigenvalue weighted by atomic mass is 10.2. The highest BCUT2D eigenvalue weighted by atomic mass is 19.4. The van der Waals surface area contributed by atoms with Gasteiger partial charge in [-0.25, -0.2) is 4.79 Å². The molecule has 0 unspecified atom stereocenters. The van der Waals surface area contributed by atoms with E-state index in [9.17, 15) is 27.6 Å². The number of hydrazone groups is 1. The van der Waals surface area contributed by atoms with Crippen molar-refractivity contribution in [3.8, 4) is 0 Å². The van der Waals surface area contributed by atoms with Crippen LogP contribution < -0.4 is 10.3 Å². The standard InChI is InChI=1S/C25H20F3N3O4/c1-17(32)30-21-11-5-9-19(13-21)24(34)35-16-23(33)31(29-15-18-7-3-2-4-8-18)22-12-6-10-20(14-22)25(26,27)28/h2-15H,16H2,1H3,(H,30,32)/b29-15+. The zero-order valence-corrected chi connectivity index (χ0v) is 18.5. The van der Waals surface area contributed by atoms with E-state index in [1.165, 1.54) is 37.4 Å². The fraction of sp³-hybridized carbons (Fsp3) is 0.120. The third-order valence-corrected chi connectivity index (χ3v) is 4.52. The lowest BCUT2D eigenvalue weighted by Gasteiger charge is -2.18. The summed E-state index contributed by atoms with van der Waals surface area (Å²) in [5, 5.41) is 7.30. The Morgan fingerprint density at radius 2 is 1.69 bits per heavy atom. The molecule has 0 aliphatic rings. The molecule has 0 radical (unpaired) electrons. The number of esters is 1. The molecule has 0 heterocycles. The molecule has 0 aromatic heterocycles. The second-order valence-corrected chi connectivity index (χ2v) is 7.25. The van der Waals surface area contributed by atoms with Gasteiger partial charge >= 0.3 is 12.1 Å². The highest BCUT2D eigenvalue weighted by Gasteiger charge is 2.31. The number of hydrogen-bond acceptors (Lipinski definition) is 5. The van der Waals surface area contributed by atoms with Crippen LogP contribution in [0.1, 0.15) is 28.4 Å². The Hall–Kier alpha value is -4.47. The van der Waals surface area contributed by atoms with Crippen molar-refractivity contribution >= 4 is 35.4 Å². The Balaban J connectivity index is 1.81. The van der Waals surface area contributed by atoms with E-state index < -0.39 is 30.2 Å². The van der Waals surface area contributed by atoms with E-state index >= 15 is 0 Å². The predicted octanol–water partition coefficient (Wildman–Crippen LogP) is 4.89. The molecule has 1 N–H and O–H groups in total. The van der Waals surface area contributed by atoms with Gasteiger partial charge < -0.3 is 10.1 Å². The maximum atomic E-state index is 13.2. The fourth-order valence-corrected chi connectivity index (χ4v) is 2.95. The number of carbonyl (C=O) groups excluding carboxylic acids is 3. The van der Waals surface area contributed by atoms with Crippen molar-refractivity contribution in [3.05, 3.63) is 95.6 Å². The molecule has 2 amide bonds. The molecule has 0 fully saturated rings. The van der Waals surface area contributed by atoms with E-state index in [1.807, 2.05) is 0 Å². The van der Waals surface area contributed by atoms with E-state index in [-0.39, 0.29) is 17.2 Å². The van der Waals surface area contributed by atoms with Gasteiger partial charge in [-0.3, -0.25) is 9.59 Å². The first kappa shape index (κ1) is 25.2. The van der Waals surface area contributed by atoms with Crippen molar-refractivity contribution in [1.82, 2.24) is 0 Å². The van der Waals surface area contributed by atoms with Crippen LogP contribution in [0.25, 0.3) is 0 Å². The predicted molar refractivity (Wildman–Crippen MR) is 124 cm³/mol. The molecule has 0 aliphatic carbocycles. The molecule has 0 spiro atoms. The van der Waals surface area contributed by atoms with E-state index in [0.29, 0.717) is 11.3 Å². The van der Waals surface area contributed by atoms with Crippen molar-refractivity contribution in [2.75, 3.05) is 16.9 Å². The smallest absolute Gasteiger partial charge is 0.416 e. The normalized spacial score (nSPS) is 11.2. The largest absolute Gasteiger partial charge is 0.452 e. The first-order valence-electron chi connectivity index (χ1n) is 10.3. The summed E-state index contributed by atoms with van der Waals surface area (Å²) in [5.74, 6) is -2.07. The van der Waals surface area contributed by atoms with Gasteiger partial charge in [0.05, 0.1) is 23.0 Å². The number of benzene rings is 3. The van der Waals surface area contributed by atoms with E-state index in [0.717, 1.165) is 23.2 Å². The van der Waals surface area contributed by atoms with Gasteiger partial charge in [0, 0.05) is 12.6 Å². The molecular formula is C25H20F3N3O4. The topological polar surface area (TPSA) is 88.1 Å². The summed E-state index contributed by atoms with van der Waals surface area (Å²) in [4.78, 5) is 36.5. The molecule has 3 aromatic carbocycles. The highest BCUT2D eigenvalue weighted by molar-refractivity contribution is 5.99. The van der Waals surface area contributed by atoms with Gasteiger partial charge in [0.2, 0.25) is 5.91 Å². The van der Waals surface area contributed by atoms with Gasteiger partial charge in [0.15, 0.2) is 6.61 Å². The average Bonchev–Trinajstić information content (AvgIpc) is 2.83. The lowest BCUT2D eigenvalue weighted by Crippen LogP contribution is -2.31. The van der Waals surface area contributed by atoms with Gasteiger partial charge in [-0.2, -0.15) is 23.3 Å². The van der Waals surface area contributed by atoms with Crippen molar-refractivity contribution in [2.24, 2.45) is 5.10 Å². The van der Waals surface area contributed by atoms with Gasteiger partial charge in [0.25, 0.3) is 5.91 Å². The molecule has 180 valence electrons. The highest BCUT2D eigenvalue weighted by Crippen LogP contribution is 2.31. The van der Waals surface area contributed by atoms with Crippen LogP contribution in [0, 0.1) is 0 Å². The molecule has 10 heteroatoms. The van der Waals surface area contributed by atoms with Gasteiger partial charge in [-0.05, 0) is 42.0 Å². The van der Waals surface area contributed by atoms with E-state index in [4.69, 9.17) is 4.74 Å². The fourth-order valence-electron chi connectivity index (χ4n) is 2.95. The Morgan fingerprint density at radius 1 is 0.971 bits per heavy atom. The second kappa shape index (κ2) is 11.1. The van der Waals surface area contributed by atoms with Crippen LogP contribution in [0.4, 0.5) is 24.5 Å². The van der Waals surface area contributed by atoms with E-state index in [1.54, 1.807) is 36.4 Å². The minimum atomic E-state index is -4.63. The molecule has 0 saturated heterocycles. The minimum Gasteiger partial charge on any atom is -0.452 e. The quantitative estimate of drug-likeness (QED) is 0.295. The number of hydrogen-bond donors (Lipinski definition) is 1.